The van der Waals surface area contributed by atoms with E-state index < -0.39 is 0 Å². The number of amides is 1. The Morgan fingerprint density at radius 1 is 1.26 bits per heavy atom. The zero-order valence-electron chi connectivity index (χ0n) is 11.1. The van der Waals surface area contributed by atoms with E-state index in [9.17, 15) is 4.79 Å². The largest absolute Gasteiger partial charge is 0.360 e. The first-order chi connectivity index (χ1) is 9.16. The molecule has 0 radical (unpaired) electrons. The number of hydrogen-bond acceptors (Lipinski definition) is 2. The normalized spacial score (nSPS) is 11.1. The molecule has 0 unspecified atom stereocenters. The summed E-state index contributed by atoms with van der Waals surface area (Å²) in [5.74, 6) is 0.251. The van der Waals surface area contributed by atoms with Crippen LogP contribution in [0.3, 0.4) is 0 Å². The topological polar surface area (TPSA) is 57.2 Å². The van der Waals surface area contributed by atoms with Gasteiger partial charge in [0.05, 0.1) is 11.9 Å². The van der Waals surface area contributed by atoms with E-state index in [0.717, 1.165) is 5.69 Å². The number of nitrogens with zero attached hydrogens (tertiary/aromatic N) is 1. The molecule has 4 nitrogen and oxygen atoms in total. The molecular formula is C15H17N3O. The van der Waals surface area contributed by atoms with Crippen LogP contribution in [-0.4, -0.2) is 17.1 Å². The van der Waals surface area contributed by atoms with E-state index in [1.165, 1.54) is 5.56 Å². The minimum absolute atomic E-state index is 0.210. The van der Waals surface area contributed by atoms with Gasteiger partial charge in [-0.2, -0.15) is 5.10 Å². The van der Waals surface area contributed by atoms with E-state index in [4.69, 9.17) is 0 Å². The first-order valence-corrected chi connectivity index (χ1v) is 6.23. The van der Waals surface area contributed by atoms with Crippen molar-refractivity contribution in [2.24, 2.45) is 5.10 Å². The van der Waals surface area contributed by atoms with Crippen LogP contribution in [-0.2, 0) is 0 Å². The Morgan fingerprint density at radius 2 is 2.00 bits per heavy atom. The zero-order chi connectivity index (χ0) is 13.7. The summed E-state index contributed by atoms with van der Waals surface area (Å²) in [5.41, 5.74) is 5.16. The van der Waals surface area contributed by atoms with Crippen LogP contribution in [0.4, 0.5) is 0 Å². The Morgan fingerprint density at radius 3 is 2.58 bits per heavy atom. The van der Waals surface area contributed by atoms with Crippen molar-refractivity contribution < 1.29 is 4.79 Å². The highest BCUT2D eigenvalue weighted by Gasteiger charge is 2.05. The maximum atomic E-state index is 11.8. The third-order valence-corrected chi connectivity index (χ3v) is 2.83. The molecule has 98 valence electrons. The smallest absolute Gasteiger partial charge is 0.271 e. The summed E-state index contributed by atoms with van der Waals surface area (Å²) in [4.78, 5) is 14.8. The van der Waals surface area contributed by atoms with Crippen molar-refractivity contribution in [2.45, 2.75) is 19.8 Å². The zero-order valence-corrected chi connectivity index (χ0v) is 11.1. The number of hydrazone groups is 1. The van der Waals surface area contributed by atoms with Crippen LogP contribution in [0.15, 0.2) is 47.7 Å². The Bertz CT molecular complexity index is 554. The fourth-order valence-electron chi connectivity index (χ4n) is 1.67. The van der Waals surface area contributed by atoms with E-state index in [0.29, 0.717) is 11.5 Å². The first kappa shape index (κ1) is 13.1. The maximum absolute atomic E-state index is 11.8. The number of H-pyrrole nitrogens is 1. The highest BCUT2D eigenvalue weighted by atomic mass is 16.2. The van der Waals surface area contributed by atoms with Crippen molar-refractivity contribution in [3.05, 3.63) is 59.4 Å². The van der Waals surface area contributed by atoms with Gasteiger partial charge in [-0.3, -0.25) is 4.79 Å². The number of benzene rings is 1. The van der Waals surface area contributed by atoms with Crippen molar-refractivity contribution in [3.8, 4) is 0 Å². The minimum atomic E-state index is -0.210. The first-order valence-electron chi connectivity index (χ1n) is 6.23. The van der Waals surface area contributed by atoms with Gasteiger partial charge in [-0.05, 0) is 35.7 Å². The average molecular weight is 255 g/mol. The number of aromatic amines is 1. The summed E-state index contributed by atoms with van der Waals surface area (Å²) in [7, 11) is 0. The molecule has 1 aromatic heterocycles. The summed E-state index contributed by atoms with van der Waals surface area (Å²) < 4.78 is 0. The van der Waals surface area contributed by atoms with E-state index in [2.05, 4.69) is 29.4 Å². The van der Waals surface area contributed by atoms with E-state index in [1.807, 2.05) is 36.4 Å². The molecular weight excluding hydrogens is 238 g/mol. The van der Waals surface area contributed by atoms with Crippen LogP contribution >= 0.6 is 0 Å². The van der Waals surface area contributed by atoms with Gasteiger partial charge in [0.2, 0.25) is 0 Å². The lowest BCUT2D eigenvalue weighted by Gasteiger charge is -2.05. The third-order valence-electron chi connectivity index (χ3n) is 2.83. The molecule has 0 bridgehead atoms. The number of carbonyl (C=O) groups excluding carboxylic acids is 1. The number of aromatic nitrogens is 1. The molecule has 4 heteroatoms. The van der Waals surface area contributed by atoms with Gasteiger partial charge in [-0.25, -0.2) is 5.43 Å². The van der Waals surface area contributed by atoms with Crippen molar-refractivity contribution in [1.82, 2.24) is 10.4 Å². The minimum Gasteiger partial charge on any atom is -0.360 e. The molecule has 0 spiro atoms. The predicted molar refractivity (Wildman–Crippen MR) is 76.4 cm³/mol. The van der Waals surface area contributed by atoms with Crippen LogP contribution in [0.1, 0.15) is 41.4 Å². The summed E-state index contributed by atoms with van der Waals surface area (Å²) in [5, 5.41) is 3.89. The lowest BCUT2D eigenvalue weighted by atomic mass is 10.0. The molecule has 1 heterocycles. The second kappa shape index (κ2) is 6.00. The molecule has 0 fully saturated rings. The number of carbonyl (C=O) groups is 1. The third kappa shape index (κ3) is 3.55. The van der Waals surface area contributed by atoms with Crippen LogP contribution in [0.2, 0.25) is 0 Å². The maximum Gasteiger partial charge on any atom is 0.271 e. The number of nitrogens with one attached hydrogen (secondary N) is 2. The van der Waals surface area contributed by atoms with Crippen LogP contribution in [0, 0.1) is 0 Å². The van der Waals surface area contributed by atoms with E-state index in [1.54, 1.807) is 12.4 Å². The van der Waals surface area contributed by atoms with Crippen molar-refractivity contribution in [3.63, 3.8) is 0 Å². The fourth-order valence-corrected chi connectivity index (χ4v) is 1.67. The number of hydrogen-bond donors (Lipinski definition) is 2. The molecule has 2 aromatic rings. The number of rotatable bonds is 4. The van der Waals surface area contributed by atoms with E-state index >= 15 is 0 Å². The molecule has 0 saturated carbocycles. The molecule has 19 heavy (non-hydrogen) atoms. The molecule has 1 aromatic carbocycles. The standard InChI is InChI=1S/C15H17N3O/c1-11(2)12-5-7-13(8-6-12)15(19)18-17-10-14-4-3-9-16-14/h3-11,16H,1-2H3,(H,18,19)/b17-10+. The summed E-state index contributed by atoms with van der Waals surface area (Å²) in [6.07, 6.45) is 3.37. The summed E-state index contributed by atoms with van der Waals surface area (Å²) in [6, 6.07) is 11.3. The van der Waals surface area contributed by atoms with Gasteiger partial charge in [0.15, 0.2) is 0 Å². The second-order valence-electron chi connectivity index (χ2n) is 4.60. The molecule has 0 aliphatic carbocycles. The fraction of sp³-hybridized carbons (Fsp3) is 0.200. The van der Waals surface area contributed by atoms with Gasteiger partial charge < -0.3 is 4.98 Å². The van der Waals surface area contributed by atoms with E-state index in [-0.39, 0.29) is 5.91 Å². The average Bonchev–Trinajstić information content (AvgIpc) is 2.92. The van der Waals surface area contributed by atoms with Crippen molar-refractivity contribution in [2.75, 3.05) is 0 Å². The Hall–Kier alpha value is -2.36. The molecule has 2 rings (SSSR count). The van der Waals surface area contributed by atoms with Crippen LogP contribution in [0.25, 0.3) is 0 Å². The monoisotopic (exact) mass is 255 g/mol. The Balaban J connectivity index is 1.96. The highest BCUT2D eigenvalue weighted by Crippen LogP contribution is 2.14. The SMILES string of the molecule is CC(C)c1ccc(C(=O)N/N=C/c2ccc[nH]2)cc1. The lowest BCUT2D eigenvalue weighted by Crippen LogP contribution is -2.17. The molecule has 0 aliphatic rings. The highest BCUT2D eigenvalue weighted by molar-refractivity contribution is 5.94. The summed E-state index contributed by atoms with van der Waals surface area (Å²) in [6.45, 7) is 4.24. The molecule has 2 N–H and O–H groups in total. The van der Waals surface area contributed by atoms with Crippen LogP contribution in [0.5, 0.6) is 0 Å². The van der Waals surface area contributed by atoms with Gasteiger partial charge in [0.1, 0.15) is 0 Å². The molecule has 1 amide bonds. The molecule has 0 aliphatic heterocycles. The summed E-state index contributed by atoms with van der Waals surface area (Å²) >= 11 is 0. The van der Waals surface area contributed by atoms with Gasteiger partial charge >= 0.3 is 0 Å². The molecule has 0 saturated heterocycles. The second-order valence-corrected chi connectivity index (χ2v) is 4.60. The van der Waals surface area contributed by atoms with Gasteiger partial charge in [-0.15, -0.1) is 0 Å². The van der Waals surface area contributed by atoms with Gasteiger partial charge in [0.25, 0.3) is 5.91 Å². The Labute approximate surface area is 112 Å². The van der Waals surface area contributed by atoms with Crippen LogP contribution < -0.4 is 5.43 Å². The van der Waals surface area contributed by atoms with Crippen molar-refractivity contribution >= 4 is 12.1 Å². The van der Waals surface area contributed by atoms with Crippen molar-refractivity contribution in [1.29, 1.82) is 0 Å². The van der Waals surface area contributed by atoms with Gasteiger partial charge in [0, 0.05) is 11.8 Å². The Kier molecular flexibility index (Phi) is 4.13. The lowest BCUT2D eigenvalue weighted by molar-refractivity contribution is 0.0955. The van der Waals surface area contributed by atoms with Gasteiger partial charge in [-0.1, -0.05) is 26.0 Å². The molecule has 0 atom stereocenters. The quantitative estimate of drug-likeness (QED) is 0.640. The predicted octanol–water partition coefficient (Wildman–Crippen LogP) is 2.90.